The van der Waals surface area contributed by atoms with E-state index in [0.717, 1.165) is 10.6 Å². The minimum atomic E-state index is -0.407. The SMILES string of the molecule is CC(C)(C)c1ccc(CON2C(=O)[C@@H]3C4c5ccccc5C(c5ccccc54)[C@H]3C2=O)cc1. The summed E-state index contributed by atoms with van der Waals surface area (Å²) < 4.78 is 0. The van der Waals surface area contributed by atoms with Crippen LogP contribution in [0.2, 0.25) is 0 Å². The molecule has 4 heteroatoms. The largest absolute Gasteiger partial charge is 0.272 e. The first-order valence-corrected chi connectivity index (χ1v) is 11.6. The molecule has 2 amide bonds. The zero-order chi connectivity index (χ0) is 22.9. The second-order valence-corrected chi connectivity index (χ2v) is 10.5. The van der Waals surface area contributed by atoms with Crippen molar-refractivity contribution < 1.29 is 14.4 Å². The molecule has 0 unspecified atom stereocenters. The first kappa shape index (κ1) is 20.4. The van der Waals surface area contributed by atoms with E-state index < -0.39 is 11.8 Å². The first-order valence-electron chi connectivity index (χ1n) is 11.6. The Labute approximate surface area is 194 Å². The molecule has 2 atom stereocenters. The van der Waals surface area contributed by atoms with Crippen LogP contribution in [0.25, 0.3) is 0 Å². The molecule has 3 aliphatic carbocycles. The van der Waals surface area contributed by atoms with Gasteiger partial charge in [-0.15, -0.1) is 0 Å². The van der Waals surface area contributed by atoms with Gasteiger partial charge in [0.05, 0.1) is 11.8 Å². The summed E-state index contributed by atoms with van der Waals surface area (Å²) in [5, 5.41) is 1.06. The van der Waals surface area contributed by atoms with E-state index in [1.807, 2.05) is 36.4 Å². The predicted molar refractivity (Wildman–Crippen MR) is 125 cm³/mol. The second-order valence-electron chi connectivity index (χ2n) is 10.5. The Kier molecular flexibility index (Phi) is 4.40. The van der Waals surface area contributed by atoms with Crippen LogP contribution < -0.4 is 0 Å². The van der Waals surface area contributed by atoms with Crippen LogP contribution >= 0.6 is 0 Å². The average Bonchev–Trinajstić information content (AvgIpc) is 3.07. The molecule has 0 radical (unpaired) electrons. The molecule has 1 saturated heterocycles. The van der Waals surface area contributed by atoms with Crippen molar-refractivity contribution in [3.63, 3.8) is 0 Å². The molecule has 4 nitrogen and oxygen atoms in total. The number of hydrogen-bond donors (Lipinski definition) is 0. The van der Waals surface area contributed by atoms with Crippen molar-refractivity contribution in [2.24, 2.45) is 11.8 Å². The van der Waals surface area contributed by atoms with E-state index in [9.17, 15) is 9.59 Å². The van der Waals surface area contributed by atoms with Crippen molar-refractivity contribution in [2.45, 2.75) is 44.6 Å². The molecule has 3 aromatic rings. The van der Waals surface area contributed by atoms with Crippen LogP contribution in [0.15, 0.2) is 72.8 Å². The molecule has 0 spiro atoms. The van der Waals surface area contributed by atoms with Gasteiger partial charge in [-0.05, 0) is 38.8 Å². The van der Waals surface area contributed by atoms with Crippen LogP contribution in [0.3, 0.4) is 0 Å². The molecule has 3 aromatic carbocycles. The maximum absolute atomic E-state index is 13.5. The lowest BCUT2D eigenvalue weighted by atomic mass is 9.55. The van der Waals surface area contributed by atoms with Crippen molar-refractivity contribution in [1.29, 1.82) is 0 Å². The highest BCUT2D eigenvalue weighted by Crippen LogP contribution is 2.60. The van der Waals surface area contributed by atoms with Gasteiger partial charge in [0.1, 0.15) is 6.61 Å². The van der Waals surface area contributed by atoms with Crippen molar-refractivity contribution >= 4 is 11.8 Å². The third-order valence-electron chi connectivity index (χ3n) is 7.59. The Hall–Kier alpha value is -3.24. The number of rotatable bonds is 3. The van der Waals surface area contributed by atoms with Crippen molar-refractivity contribution in [2.75, 3.05) is 0 Å². The van der Waals surface area contributed by atoms with Gasteiger partial charge in [0.15, 0.2) is 0 Å². The Morgan fingerprint density at radius 3 is 1.52 bits per heavy atom. The van der Waals surface area contributed by atoms with E-state index in [4.69, 9.17) is 4.84 Å². The van der Waals surface area contributed by atoms with Crippen LogP contribution in [0, 0.1) is 11.8 Å². The van der Waals surface area contributed by atoms with E-state index in [2.05, 4.69) is 57.2 Å². The third-order valence-corrected chi connectivity index (χ3v) is 7.59. The van der Waals surface area contributed by atoms with Crippen LogP contribution in [0.1, 0.15) is 66.0 Å². The minimum Gasteiger partial charge on any atom is -0.272 e. The van der Waals surface area contributed by atoms with Gasteiger partial charge in [0.2, 0.25) is 0 Å². The van der Waals surface area contributed by atoms with E-state index >= 15 is 0 Å². The van der Waals surface area contributed by atoms with Gasteiger partial charge in [-0.3, -0.25) is 14.4 Å². The van der Waals surface area contributed by atoms with Crippen LogP contribution in [-0.4, -0.2) is 16.9 Å². The summed E-state index contributed by atoms with van der Waals surface area (Å²) in [5.74, 6) is -1.45. The van der Waals surface area contributed by atoms with Crippen molar-refractivity contribution in [1.82, 2.24) is 5.06 Å². The fraction of sp³-hybridized carbons (Fsp3) is 0.310. The summed E-state index contributed by atoms with van der Waals surface area (Å²) in [4.78, 5) is 33.0. The van der Waals surface area contributed by atoms with Gasteiger partial charge < -0.3 is 0 Å². The summed E-state index contributed by atoms with van der Waals surface area (Å²) in [6, 6.07) is 24.7. The summed E-state index contributed by atoms with van der Waals surface area (Å²) in [7, 11) is 0. The molecular formula is C29H27NO3. The molecule has 0 N–H and O–H groups in total. The number of amides is 2. The third kappa shape index (κ3) is 2.94. The normalized spacial score (nSPS) is 25.1. The molecule has 1 heterocycles. The number of nitrogens with zero attached hydrogens (tertiary/aromatic N) is 1. The summed E-state index contributed by atoms with van der Waals surface area (Å²) in [5.41, 5.74) is 6.92. The van der Waals surface area contributed by atoms with E-state index in [0.29, 0.717) is 0 Å². The van der Waals surface area contributed by atoms with Gasteiger partial charge in [0, 0.05) is 11.8 Å². The molecule has 166 valence electrons. The summed E-state index contributed by atoms with van der Waals surface area (Å²) in [6.45, 7) is 6.71. The lowest BCUT2D eigenvalue weighted by molar-refractivity contribution is -0.193. The molecule has 1 aliphatic heterocycles. The maximum Gasteiger partial charge on any atom is 0.258 e. The van der Waals surface area contributed by atoms with Crippen LogP contribution in [0.5, 0.6) is 0 Å². The standard InChI is InChI=1S/C29H27NO3/c1-29(2,3)18-14-12-17(13-15-18)16-33-30-27(31)25-23-19-8-4-5-9-20(19)24(26(25)28(30)32)22-11-7-6-10-21(22)23/h4-15,23-26H,16H2,1-3H3/t23?,24?,25-,26-/m1/s1. The number of hydroxylamine groups is 2. The number of benzene rings is 3. The number of imide groups is 1. The van der Waals surface area contributed by atoms with E-state index in [-0.39, 0.29) is 35.7 Å². The molecule has 2 bridgehead atoms. The molecular weight excluding hydrogens is 410 g/mol. The van der Waals surface area contributed by atoms with E-state index in [1.165, 1.54) is 27.8 Å². The van der Waals surface area contributed by atoms with Crippen LogP contribution in [-0.2, 0) is 26.4 Å². The molecule has 1 fully saturated rings. The highest BCUT2D eigenvalue weighted by atomic mass is 16.7. The smallest absolute Gasteiger partial charge is 0.258 e. The average molecular weight is 438 g/mol. The Bertz CT molecular complexity index is 1160. The first-order chi connectivity index (χ1) is 15.9. The number of carbonyl (C=O) groups is 2. The quantitative estimate of drug-likeness (QED) is 0.522. The van der Waals surface area contributed by atoms with Crippen LogP contribution in [0.4, 0.5) is 0 Å². The zero-order valence-corrected chi connectivity index (χ0v) is 19.1. The highest BCUT2D eigenvalue weighted by molar-refractivity contribution is 6.06. The maximum atomic E-state index is 13.5. The van der Waals surface area contributed by atoms with Gasteiger partial charge in [0.25, 0.3) is 11.8 Å². The Morgan fingerprint density at radius 2 is 1.12 bits per heavy atom. The van der Waals surface area contributed by atoms with Gasteiger partial charge in [-0.25, -0.2) is 0 Å². The van der Waals surface area contributed by atoms with Crippen molar-refractivity contribution in [3.05, 3.63) is 106 Å². The second kappa shape index (κ2) is 7.13. The minimum absolute atomic E-state index is 0.0687. The Balaban J connectivity index is 1.31. The number of carbonyl (C=O) groups excluding carboxylic acids is 2. The monoisotopic (exact) mass is 437 g/mol. The van der Waals surface area contributed by atoms with Gasteiger partial charge in [-0.1, -0.05) is 93.6 Å². The molecule has 7 rings (SSSR count). The molecule has 4 aliphatic rings. The topological polar surface area (TPSA) is 46.6 Å². The predicted octanol–water partition coefficient (Wildman–Crippen LogP) is 5.31. The zero-order valence-electron chi connectivity index (χ0n) is 19.1. The lowest BCUT2D eigenvalue weighted by Gasteiger charge is -2.45. The summed E-state index contributed by atoms with van der Waals surface area (Å²) in [6.07, 6.45) is 0. The van der Waals surface area contributed by atoms with Crippen molar-refractivity contribution in [3.8, 4) is 0 Å². The molecule has 0 aromatic heterocycles. The molecule has 0 saturated carbocycles. The lowest BCUT2D eigenvalue weighted by Crippen LogP contribution is -2.41. The van der Waals surface area contributed by atoms with Gasteiger partial charge >= 0.3 is 0 Å². The molecule has 33 heavy (non-hydrogen) atoms. The highest BCUT2D eigenvalue weighted by Gasteiger charge is 2.62. The fourth-order valence-electron chi connectivity index (χ4n) is 6.02. The van der Waals surface area contributed by atoms with Gasteiger partial charge in [-0.2, -0.15) is 5.06 Å². The van der Waals surface area contributed by atoms with E-state index in [1.54, 1.807) is 0 Å². The fourth-order valence-corrected chi connectivity index (χ4v) is 6.02. The number of hydrogen-bond acceptors (Lipinski definition) is 3. The summed E-state index contributed by atoms with van der Waals surface area (Å²) >= 11 is 0. The Morgan fingerprint density at radius 1 is 0.697 bits per heavy atom.